The number of carbonyl (C=O) groups excluding carboxylic acids is 1. The van der Waals surface area contributed by atoms with Crippen LogP contribution < -0.4 is 5.32 Å². The van der Waals surface area contributed by atoms with Gasteiger partial charge in [0.05, 0.1) is 5.60 Å². The third-order valence-electron chi connectivity index (χ3n) is 1.47. The van der Waals surface area contributed by atoms with E-state index in [1.165, 1.54) is 0 Å². The monoisotopic (exact) mass is 186 g/mol. The van der Waals surface area contributed by atoms with Crippen LogP contribution in [0, 0.1) is 6.92 Å². The molecule has 0 aromatic rings. The first kappa shape index (κ1) is 12.4. The van der Waals surface area contributed by atoms with Crippen LogP contribution in [0.15, 0.2) is 0 Å². The molecule has 3 heteroatoms. The highest BCUT2D eigenvalue weighted by Gasteiger charge is 2.17. The molecule has 0 aromatic carbocycles. The summed E-state index contributed by atoms with van der Waals surface area (Å²) in [5, 5.41) is 2.64. The molecule has 1 N–H and O–H groups in total. The van der Waals surface area contributed by atoms with Crippen LogP contribution in [0.3, 0.4) is 0 Å². The fourth-order valence-electron chi connectivity index (χ4n) is 1.01. The minimum absolute atomic E-state index is 0.181. The van der Waals surface area contributed by atoms with Crippen LogP contribution >= 0.6 is 0 Å². The normalized spacial score (nSPS) is 13.8. The Morgan fingerprint density at radius 2 is 2.15 bits per heavy atom. The first-order chi connectivity index (χ1) is 5.99. The number of rotatable bonds is 6. The Morgan fingerprint density at radius 1 is 1.54 bits per heavy atom. The summed E-state index contributed by atoms with van der Waals surface area (Å²) >= 11 is 0. The van der Waals surface area contributed by atoms with Crippen LogP contribution in [0.25, 0.3) is 0 Å². The SMILES string of the molecule is [CH2]CCCC(NC=O)OC(C)(C)C. The van der Waals surface area contributed by atoms with Gasteiger partial charge < -0.3 is 10.1 Å². The molecule has 0 aliphatic carbocycles. The predicted molar refractivity (Wildman–Crippen MR) is 53.0 cm³/mol. The maximum absolute atomic E-state index is 10.3. The molecule has 1 radical (unpaired) electrons. The van der Waals surface area contributed by atoms with Gasteiger partial charge in [0.1, 0.15) is 6.23 Å². The van der Waals surface area contributed by atoms with Gasteiger partial charge in [-0.1, -0.05) is 13.3 Å². The lowest BCUT2D eigenvalue weighted by Gasteiger charge is -2.26. The smallest absolute Gasteiger partial charge is 0.209 e. The van der Waals surface area contributed by atoms with E-state index in [4.69, 9.17) is 4.74 Å². The third-order valence-corrected chi connectivity index (χ3v) is 1.47. The molecule has 0 aliphatic heterocycles. The van der Waals surface area contributed by atoms with Crippen molar-refractivity contribution in [3.63, 3.8) is 0 Å². The molecule has 1 unspecified atom stereocenters. The van der Waals surface area contributed by atoms with E-state index in [0.29, 0.717) is 6.41 Å². The molecule has 0 bridgehead atoms. The average Bonchev–Trinajstić information content (AvgIpc) is 1.98. The van der Waals surface area contributed by atoms with Crippen molar-refractivity contribution in [1.82, 2.24) is 5.32 Å². The first-order valence-corrected chi connectivity index (χ1v) is 4.66. The summed E-state index contributed by atoms with van der Waals surface area (Å²) in [4.78, 5) is 10.3. The number of nitrogens with one attached hydrogen (secondary N) is 1. The Bertz CT molecular complexity index is 140. The Balaban J connectivity index is 3.86. The number of ether oxygens (including phenoxy) is 1. The van der Waals surface area contributed by atoms with E-state index in [1.807, 2.05) is 20.8 Å². The van der Waals surface area contributed by atoms with Crippen LogP contribution in [0.1, 0.15) is 40.0 Å². The van der Waals surface area contributed by atoms with Crippen LogP contribution in [-0.2, 0) is 9.53 Å². The summed E-state index contributed by atoms with van der Waals surface area (Å²) < 4.78 is 5.61. The van der Waals surface area contributed by atoms with Crippen molar-refractivity contribution in [2.45, 2.75) is 51.9 Å². The quantitative estimate of drug-likeness (QED) is 0.508. The molecule has 13 heavy (non-hydrogen) atoms. The summed E-state index contributed by atoms with van der Waals surface area (Å²) in [5.41, 5.74) is -0.220. The number of unbranched alkanes of at least 4 members (excludes halogenated alkanes) is 1. The molecule has 0 rings (SSSR count). The van der Waals surface area contributed by atoms with Crippen molar-refractivity contribution >= 4 is 6.41 Å². The van der Waals surface area contributed by atoms with Gasteiger partial charge in [0.2, 0.25) is 6.41 Å². The van der Waals surface area contributed by atoms with Crippen LogP contribution in [0.2, 0.25) is 0 Å². The molecule has 0 aliphatic rings. The zero-order chi connectivity index (χ0) is 10.3. The Kier molecular flexibility index (Phi) is 5.71. The summed E-state index contributed by atoms with van der Waals surface area (Å²) in [6.45, 7) is 9.65. The lowest BCUT2D eigenvalue weighted by atomic mass is 10.1. The molecule has 0 aromatic heterocycles. The van der Waals surface area contributed by atoms with Gasteiger partial charge in [0, 0.05) is 0 Å². The highest BCUT2D eigenvalue weighted by atomic mass is 16.5. The van der Waals surface area contributed by atoms with Crippen molar-refractivity contribution in [2.75, 3.05) is 0 Å². The maximum atomic E-state index is 10.3. The average molecular weight is 186 g/mol. The highest BCUT2D eigenvalue weighted by molar-refractivity contribution is 5.46. The van der Waals surface area contributed by atoms with Gasteiger partial charge in [0.15, 0.2) is 0 Å². The van der Waals surface area contributed by atoms with E-state index < -0.39 is 0 Å². The minimum atomic E-state index is -0.220. The Labute approximate surface area is 80.8 Å². The van der Waals surface area contributed by atoms with Crippen molar-refractivity contribution in [3.05, 3.63) is 6.92 Å². The van der Waals surface area contributed by atoms with Gasteiger partial charge in [-0.25, -0.2) is 0 Å². The zero-order valence-corrected chi connectivity index (χ0v) is 8.80. The molecule has 0 fully saturated rings. The standard InChI is InChI=1S/C10H20NO2/c1-5-6-7-9(11-8-12)13-10(2,3)4/h8-9H,1,5-7H2,2-4H3,(H,11,12). The molecule has 1 amide bonds. The summed E-state index contributed by atoms with van der Waals surface area (Å²) in [6, 6.07) is 0. The Hall–Kier alpha value is -0.570. The topological polar surface area (TPSA) is 38.3 Å². The second-order valence-corrected chi connectivity index (χ2v) is 4.00. The summed E-state index contributed by atoms with van der Waals surface area (Å²) in [5.74, 6) is 0. The van der Waals surface area contributed by atoms with E-state index >= 15 is 0 Å². The van der Waals surface area contributed by atoms with Crippen LogP contribution in [0.4, 0.5) is 0 Å². The molecule has 0 saturated heterocycles. The zero-order valence-electron chi connectivity index (χ0n) is 8.80. The van der Waals surface area contributed by atoms with Gasteiger partial charge in [0.25, 0.3) is 0 Å². The molecular weight excluding hydrogens is 166 g/mol. The lowest BCUT2D eigenvalue weighted by Crippen LogP contribution is -2.37. The number of hydrogen-bond donors (Lipinski definition) is 1. The molecule has 77 valence electrons. The van der Waals surface area contributed by atoms with Gasteiger partial charge in [-0.15, -0.1) is 0 Å². The minimum Gasteiger partial charge on any atom is -0.353 e. The van der Waals surface area contributed by atoms with E-state index in [0.717, 1.165) is 19.3 Å². The van der Waals surface area contributed by atoms with E-state index in [-0.39, 0.29) is 11.8 Å². The van der Waals surface area contributed by atoms with Crippen molar-refractivity contribution < 1.29 is 9.53 Å². The van der Waals surface area contributed by atoms with Crippen molar-refractivity contribution in [1.29, 1.82) is 0 Å². The predicted octanol–water partition coefficient (Wildman–Crippen LogP) is 1.88. The third kappa shape index (κ3) is 7.78. The van der Waals surface area contributed by atoms with Crippen LogP contribution in [0.5, 0.6) is 0 Å². The molecule has 1 atom stereocenters. The van der Waals surface area contributed by atoms with Crippen molar-refractivity contribution in [3.8, 4) is 0 Å². The second kappa shape index (κ2) is 5.97. The molecule has 0 spiro atoms. The molecular formula is C10H20NO2. The number of hydrogen-bond acceptors (Lipinski definition) is 2. The molecule has 3 nitrogen and oxygen atoms in total. The number of carbonyl (C=O) groups is 1. The van der Waals surface area contributed by atoms with Crippen LogP contribution in [-0.4, -0.2) is 18.2 Å². The second-order valence-electron chi connectivity index (χ2n) is 4.00. The Morgan fingerprint density at radius 3 is 2.54 bits per heavy atom. The molecule has 0 saturated carbocycles. The van der Waals surface area contributed by atoms with E-state index in [1.54, 1.807) is 0 Å². The van der Waals surface area contributed by atoms with Gasteiger partial charge >= 0.3 is 0 Å². The fraction of sp³-hybridized carbons (Fsp3) is 0.800. The highest BCUT2D eigenvalue weighted by Crippen LogP contribution is 2.12. The number of amides is 1. The van der Waals surface area contributed by atoms with Gasteiger partial charge in [-0.05, 0) is 33.6 Å². The lowest BCUT2D eigenvalue weighted by molar-refractivity contribution is -0.120. The summed E-state index contributed by atoms with van der Waals surface area (Å²) in [7, 11) is 0. The van der Waals surface area contributed by atoms with E-state index in [9.17, 15) is 4.79 Å². The summed E-state index contributed by atoms with van der Waals surface area (Å²) in [6.07, 6.45) is 3.14. The maximum Gasteiger partial charge on any atom is 0.209 e. The largest absolute Gasteiger partial charge is 0.353 e. The van der Waals surface area contributed by atoms with Crippen molar-refractivity contribution in [2.24, 2.45) is 0 Å². The fourth-order valence-corrected chi connectivity index (χ4v) is 1.01. The van der Waals surface area contributed by atoms with Gasteiger partial charge in [-0.2, -0.15) is 0 Å². The first-order valence-electron chi connectivity index (χ1n) is 4.66. The molecule has 0 heterocycles. The van der Waals surface area contributed by atoms with E-state index in [2.05, 4.69) is 12.2 Å². The van der Waals surface area contributed by atoms with Gasteiger partial charge in [-0.3, -0.25) is 4.79 Å².